The highest BCUT2D eigenvalue weighted by molar-refractivity contribution is 7.89. The predicted octanol–water partition coefficient (Wildman–Crippen LogP) is 1.84. The Morgan fingerprint density at radius 1 is 1.33 bits per heavy atom. The molecule has 0 atom stereocenters. The van der Waals surface area contributed by atoms with Gasteiger partial charge in [0, 0.05) is 19.3 Å². The topological polar surface area (TPSA) is 63.4 Å². The minimum absolute atomic E-state index is 0.118. The van der Waals surface area contributed by atoms with E-state index in [9.17, 15) is 21.6 Å². The summed E-state index contributed by atoms with van der Waals surface area (Å²) in [4.78, 5) is -0.118. The van der Waals surface area contributed by atoms with Crippen molar-refractivity contribution in [2.45, 2.75) is 17.5 Å². The number of rotatable bonds is 4. The average molecular weight is 282 g/mol. The Balaban J connectivity index is 2.87. The number of sulfonamides is 1. The first-order valence-corrected chi connectivity index (χ1v) is 6.45. The zero-order valence-corrected chi connectivity index (χ0v) is 10.4. The van der Waals surface area contributed by atoms with Crippen molar-refractivity contribution in [3.8, 4) is 0 Å². The molecule has 1 rings (SSSR count). The fourth-order valence-corrected chi connectivity index (χ4v) is 2.49. The van der Waals surface area contributed by atoms with Gasteiger partial charge in [0.15, 0.2) is 0 Å². The maximum absolute atomic E-state index is 12.0. The van der Waals surface area contributed by atoms with Gasteiger partial charge in [-0.05, 0) is 18.2 Å². The lowest BCUT2D eigenvalue weighted by Crippen LogP contribution is -2.30. The van der Waals surface area contributed by atoms with Crippen LogP contribution in [0.4, 0.5) is 18.9 Å². The number of hydrogen-bond donors (Lipinski definition) is 1. The zero-order chi connectivity index (χ0) is 14.0. The van der Waals surface area contributed by atoms with Crippen molar-refractivity contribution < 1.29 is 21.6 Å². The molecule has 0 aliphatic heterocycles. The molecule has 2 N–H and O–H groups in total. The number of halogens is 3. The number of nitrogens with zero attached hydrogens (tertiary/aromatic N) is 1. The molecule has 0 saturated heterocycles. The summed E-state index contributed by atoms with van der Waals surface area (Å²) < 4.78 is 60.6. The number of alkyl halides is 3. The molecule has 0 bridgehead atoms. The zero-order valence-electron chi connectivity index (χ0n) is 9.61. The summed E-state index contributed by atoms with van der Waals surface area (Å²) in [6.07, 6.45) is -5.58. The molecule has 8 heteroatoms. The molecule has 4 nitrogen and oxygen atoms in total. The maximum atomic E-state index is 12.0. The summed E-state index contributed by atoms with van der Waals surface area (Å²) in [5, 5.41) is 0. The number of nitrogens with two attached hydrogens (primary N) is 1. The van der Waals surface area contributed by atoms with Gasteiger partial charge in [0.2, 0.25) is 10.0 Å². The smallest absolute Gasteiger partial charge is 0.390 e. The van der Waals surface area contributed by atoms with Crippen molar-refractivity contribution in [2.24, 2.45) is 0 Å². The molecule has 0 aliphatic carbocycles. The minimum atomic E-state index is -4.39. The van der Waals surface area contributed by atoms with E-state index in [0.717, 1.165) is 7.05 Å². The largest absolute Gasteiger partial charge is 0.399 e. The van der Waals surface area contributed by atoms with E-state index in [1.165, 1.54) is 24.3 Å². The van der Waals surface area contributed by atoms with Gasteiger partial charge in [-0.1, -0.05) is 6.07 Å². The van der Waals surface area contributed by atoms with Crippen molar-refractivity contribution in [2.75, 3.05) is 19.3 Å². The Morgan fingerprint density at radius 3 is 2.44 bits per heavy atom. The highest BCUT2D eigenvalue weighted by Crippen LogP contribution is 2.22. The van der Waals surface area contributed by atoms with Crippen LogP contribution in [0.3, 0.4) is 0 Å². The molecule has 0 radical (unpaired) electrons. The van der Waals surface area contributed by atoms with Gasteiger partial charge in [0.25, 0.3) is 0 Å². The Hall–Kier alpha value is -1.28. The Labute approximate surface area is 103 Å². The lowest BCUT2D eigenvalue weighted by molar-refractivity contribution is -0.135. The van der Waals surface area contributed by atoms with Crippen LogP contribution in [0.5, 0.6) is 0 Å². The van der Waals surface area contributed by atoms with Crippen molar-refractivity contribution in [1.29, 1.82) is 0 Å². The van der Waals surface area contributed by atoms with Crippen molar-refractivity contribution in [1.82, 2.24) is 4.31 Å². The molecule has 18 heavy (non-hydrogen) atoms. The summed E-state index contributed by atoms with van der Waals surface area (Å²) in [5.41, 5.74) is 5.67. The van der Waals surface area contributed by atoms with Gasteiger partial charge < -0.3 is 5.73 Å². The monoisotopic (exact) mass is 282 g/mol. The summed E-state index contributed by atoms with van der Waals surface area (Å²) in [5.74, 6) is 0. The second-order valence-corrected chi connectivity index (χ2v) is 5.81. The summed E-state index contributed by atoms with van der Waals surface area (Å²) in [6.45, 7) is -0.624. The van der Waals surface area contributed by atoms with Crippen LogP contribution in [0.15, 0.2) is 29.2 Å². The second kappa shape index (κ2) is 5.15. The van der Waals surface area contributed by atoms with Crippen molar-refractivity contribution in [3.63, 3.8) is 0 Å². The fourth-order valence-electron chi connectivity index (χ4n) is 1.26. The van der Waals surface area contributed by atoms with E-state index in [1.54, 1.807) is 0 Å². The Kier molecular flexibility index (Phi) is 4.23. The van der Waals surface area contributed by atoms with Gasteiger partial charge in [0.05, 0.1) is 11.3 Å². The van der Waals surface area contributed by atoms with Gasteiger partial charge in [-0.2, -0.15) is 13.2 Å². The van der Waals surface area contributed by atoms with Gasteiger partial charge in [-0.15, -0.1) is 0 Å². The van der Waals surface area contributed by atoms with Gasteiger partial charge in [-0.3, -0.25) is 0 Å². The summed E-state index contributed by atoms with van der Waals surface area (Å²) >= 11 is 0. The van der Waals surface area contributed by atoms with E-state index in [-0.39, 0.29) is 10.6 Å². The molecule has 0 spiro atoms. The molecule has 0 aliphatic rings. The van der Waals surface area contributed by atoms with Gasteiger partial charge >= 0.3 is 6.18 Å². The lowest BCUT2D eigenvalue weighted by atomic mass is 10.3. The normalized spacial score (nSPS) is 12.9. The molecule has 1 aromatic rings. The van der Waals surface area contributed by atoms with Crippen LogP contribution in [0.2, 0.25) is 0 Å². The van der Waals surface area contributed by atoms with Gasteiger partial charge in [0.1, 0.15) is 0 Å². The molecular formula is C10H13F3N2O2S. The molecule has 1 aromatic carbocycles. The maximum Gasteiger partial charge on any atom is 0.390 e. The molecule has 102 valence electrons. The SMILES string of the molecule is CN(CCC(F)(F)F)S(=O)(=O)c1cccc(N)c1. The van der Waals surface area contributed by atoms with Crippen LogP contribution in [0, 0.1) is 0 Å². The quantitative estimate of drug-likeness (QED) is 0.857. The lowest BCUT2D eigenvalue weighted by Gasteiger charge is -2.18. The molecule has 0 amide bonds. The first-order chi connectivity index (χ1) is 8.13. The molecule has 0 unspecified atom stereocenters. The van der Waals surface area contributed by atoms with Crippen LogP contribution >= 0.6 is 0 Å². The van der Waals surface area contributed by atoms with E-state index in [0.29, 0.717) is 4.31 Å². The standard InChI is InChI=1S/C10H13F3N2O2S/c1-15(6-5-10(11,12)13)18(16,17)9-4-2-3-8(14)7-9/h2-4,7H,5-6,14H2,1H3. The van der Waals surface area contributed by atoms with E-state index >= 15 is 0 Å². The summed E-state index contributed by atoms with van der Waals surface area (Å²) in [6, 6.07) is 5.42. The first-order valence-electron chi connectivity index (χ1n) is 5.01. The molecule has 0 fully saturated rings. The first kappa shape index (κ1) is 14.8. The highest BCUT2D eigenvalue weighted by Gasteiger charge is 2.30. The number of benzene rings is 1. The molecule has 0 saturated carbocycles. The predicted molar refractivity (Wildman–Crippen MR) is 61.3 cm³/mol. The van der Waals surface area contributed by atoms with E-state index < -0.39 is 29.2 Å². The van der Waals surface area contributed by atoms with E-state index in [4.69, 9.17) is 5.73 Å². The number of nitrogen functional groups attached to an aromatic ring is 1. The van der Waals surface area contributed by atoms with Crippen molar-refractivity contribution >= 4 is 15.7 Å². The highest BCUT2D eigenvalue weighted by atomic mass is 32.2. The van der Waals surface area contributed by atoms with E-state index in [1.807, 2.05) is 0 Å². The molecule has 0 aromatic heterocycles. The third-order valence-corrected chi connectivity index (χ3v) is 4.13. The van der Waals surface area contributed by atoms with Crippen LogP contribution in [-0.4, -0.2) is 32.5 Å². The molecule has 0 heterocycles. The van der Waals surface area contributed by atoms with Crippen LogP contribution in [0.25, 0.3) is 0 Å². The Bertz CT molecular complexity index is 514. The molecular weight excluding hydrogens is 269 g/mol. The third kappa shape index (κ3) is 3.88. The van der Waals surface area contributed by atoms with Gasteiger partial charge in [-0.25, -0.2) is 12.7 Å². The minimum Gasteiger partial charge on any atom is -0.399 e. The number of anilines is 1. The van der Waals surface area contributed by atoms with Crippen LogP contribution in [-0.2, 0) is 10.0 Å². The average Bonchev–Trinajstić information content (AvgIpc) is 2.24. The van der Waals surface area contributed by atoms with Crippen molar-refractivity contribution in [3.05, 3.63) is 24.3 Å². The Morgan fingerprint density at radius 2 is 1.94 bits per heavy atom. The summed E-state index contributed by atoms with van der Waals surface area (Å²) in [7, 11) is -2.83. The van der Waals surface area contributed by atoms with Crippen LogP contribution in [0.1, 0.15) is 6.42 Å². The second-order valence-electron chi connectivity index (χ2n) is 3.76. The third-order valence-electron chi connectivity index (χ3n) is 2.28. The van der Waals surface area contributed by atoms with Crippen LogP contribution < -0.4 is 5.73 Å². The van der Waals surface area contributed by atoms with E-state index in [2.05, 4.69) is 0 Å². The number of hydrogen-bond acceptors (Lipinski definition) is 3. The fraction of sp³-hybridized carbons (Fsp3) is 0.400.